The first-order valence-corrected chi connectivity index (χ1v) is 9.06. The van der Waals surface area contributed by atoms with Crippen molar-refractivity contribution in [2.24, 2.45) is 0 Å². The monoisotopic (exact) mass is 387 g/mol. The van der Waals surface area contributed by atoms with Crippen LogP contribution in [-0.2, 0) is 11.3 Å². The van der Waals surface area contributed by atoms with E-state index in [0.29, 0.717) is 17.4 Å². The van der Waals surface area contributed by atoms with Gasteiger partial charge in [0.15, 0.2) is 0 Å². The summed E-state index contributed by atoms with van der Waals surface area (Å²) < 4.78 is 14.8. The van der Waals surface area contributed by atoms with E-state index in [-0.39, 0.29) is 17.5 Å². The minimum Gasteiger partial charge on any atom is -0.508 e. The fraction of sp³-hybridized carbons (Fsp3) is 0.222. The van der Waals surface area contributed by atoms with Crippen LogP contribution in [0.2, 0.25) is 0 Å². The Balaban J connectivity index is 1.68. The Bertz CT molecular complexity index is 932. The first-order valence-electron chi connectivity index (χ1n) is 8.18. The molecule has 0 aliphatic heterocycles. The number of hydrogen-bond donors (Lipinski definition) is 1. The molecule has 2 aromatic carbocycles. The van der Waals surface area contributed by atoms with Gasteiger partial charge in [-0.2, -0.15) is 4.68 Å². The minimum absolute atomic E-state index is 0.121. The maximum absolute atomic E-state index is 13.3. The summed E-state index contributed by atoms with van der Waals surface area (Å²) in [5.74, 6) is -0.308. The molecule has 1 atom stereocenters. The van der Waals surface area contributed by atoms with Crippen LogP contribution < -0.4 is 0 Å². The fourth-order valence-corrected chi connectivity index (χ4v) is 3.44. The van der Waals surface area contributed by atoms with Gasteiger partial charge in [-0.25, -0.2) is 4.39 Å². The smallest absolute Gasteiger partial charge is 0.235 e. The van der Waals surface area contributed by atoms with Crippen LogP contribution in [-0.4, -0.2) is 48.4 Å². The Kier molecular flexibility index (Phi) is 5.70. The SMILES string of the molecule is C[C@@H](Sc1nnnn1-c1ccc(O)cc1)C(=O)N(C)Cc1cccc(F)c1. The zero-order valence-corrected chi connectivity index (χ0v) is 15.6. The lowest BCUT2D eigenvalue weighted by Gasteiger charge is -2.21. The third kappa shape index (κ3) is 4.62. The Morgan fingerprint density at radius 3 is 2.74 bits per heavy atom. The van der Waals surface area contributed by atoms with E-state index in [1.54, 1.807) is 43.1 Å². The second-order valence-corrected chi connectivity index (χ2v) is 7.28. The molecule has 0 unspecified atom stereocenters. The van der Waals surface area contributed by atoms with E-state index in [2.05, 4.69) is 15.5 Å². The topological polar surface area (TPSA) is 84.1 Å². The number of phenolic OH excluding ortho intramolecular Hbond substituents is 1. The molecular formula is C18H18FN5O2S. The molecule has 1 aromatic heterocycles. The summed E-state index contributed by atoms with van der Waals surface area (Å²) in [6.45, 7) is 2.08. The van der Waals surface area contributed by atoms with Gasteiger partial charge in [0.2, 0.25) is 11.1 Å². The van der Waals surface area contributed by atoms with E-state index in [9.17, 15) is 14.3 Å². The van der Waals surface area contributed by atoms with Crippen LogP contribution >= 0.6 is 11.8 Å². The Hall–Kier alpha value is -2.94. The lowest BCUT2D eigenvalue weighted by atomic mass is 10.2. The summed E-state index contributed by atoms with van der Waals surface area (Å²) >= 11 is 1.23. The second-order valence-electron chi connectivity index (χ2n) is 5.97. The summed E-state index contributed by atoms with van der Waals surface area (Å²) in [7, 11) is 1.67. The standard InChI is InChI=1S/C18H18FN5O2S/c1-12(17(26)23(2)11-13-4-3-5-14(19)10-13)27-18-20-21-22-24(18)15-6-8-16(25)9-7-15/h3-10,12,25H,11H2,1-2H3/t12-/m1/s1. The van der Waals surface area contributed by atoms with E-state index < -0.39 is 5.25 Å². The number of amides is 1. The fourth-order valence-electron chi connectivity index (χ4n) is 2.51. The molecule has 0 spiro atoms. The van der Waals surface area contributed by atoms with Crippen molar-refractivity contribution in [1.82, 2.24) is 25.1 Å². The number of tetrazole rings is 1. The molecule has 1 heterocycles. The van der Waals surface area contributed by atoms with Gasteiger partial charge in [-0.05, 0) is 59.3 Å². The van der Waals surface area contributed by atoms with Crippen molar-refractivity contribution >= 4 is 17.7 Å². The largest absolute Gasteiger partial charge is 0.508 e. The van der Waals surface area contributed by atoms with E-state index in [1.807, 2.05) is 0 Å². The quantitative estimate of drug-likeness (QED) is 0.655. The number of aromatic hydroxyl groups is 1. The molecular weight excluding hydrogens is 369 g/mol. The van der Waals surface area contributed by atoms with Crippen LogP contribution in [0.1, 0.15) is 12.5 Å². The number of thioether (sulfide) groups is 1. The van der Waals surface area contributed by atoms with E-state index >= 15 is 0 Å². The van der Waals surface area contributed by atoms with Gasteiger partial charge in [0.05, 0.1) is 10.9 Å². The van der Waals surface area contributed by atoms with E-state index in [1.165, 1.54) is 40.7 Å². The van der Waals surface area contributed by atoms with Gasteiger partial charge in [-0.1, -0.05) is 23.9 Å². The molecule has 3 rings (SSSR count). The number of carbonyl (C=O) groups is 1. The van der Waals surface area contributed by atoms with E-state index in [0.717, 1.165) is 5.56 Å². The van der Waals surface area contributed by atoms with Gasteiger partial charge >= 0.3 is 0 Å². The van der Waals surface area contributed by atoms with Crippen molar-refractivity contribution in [2.75, 3.05) is 7.05 Å². The first-order chi connectivity index (χ1) is 12.9. The molecule has 1 amide bonds. The van der Waals surface area contributed by atoms with Gasteiger partial charge in [0, 0.05) is 13.6 Å². The number of halogens is 1. The first kappa shape index (κ1) is 18.8. The molecule has 0 fully saturated rings. The van der Waals surface area contributed by atoms with Crippen LogP contribution in [0.4, 0.5) is 4.39 Å². The predicted octanol–water partition coefficient (Wildman–Crippen LogP) is 2.65. The lowest BCUT2D eigenvalue weighted by Crippen LogP contribution is -2.33. The number of nitrogens with zero attached hydrogens (tertiary/aromatic N) is 5. The Morgan fingerprint density at radius 2 is 2.04 bits per heavy atom. The molecule has 7 nitrogen and oxygen atoms in total. The van der Waals surface area contributed by atoms with Gasteiger partial charge in [-0.15, -0.1) is 5.10 Å². The maximum atomic E-state index is 13.3. The Morgan fingerprint density at radius 1 is 1.30 bits per heavy atom. The summed E-state index contributed by atoms with van der Waals surface area (Å²) in [6, 6.07) is 12.6. The van der Waals surface area contributed by atoms with Crippen molar-refractivity contribution in [2.45, 2.75) is 23.9 Å². The maximum Gasteiger partial charge on any atom is 0.235 e. The second kappa shape index (κ2) is 8.17. The van der Waals surface area contributed by atoms with Crippen molar-refractivity contribution in [3.63, 3.8) is 0 Å². The third-order valence-corrected chi connectivity index (χ3v) is 4.87. The molecule has 0 bridgehead atoms. The van der Waals surface area contributed by atoms with Crippen LogP contribution in [0.25, 0.3) is 5.69 Å². The number of aromatic nitrogens is 4. The summed E-state index contributed by atoms with van der Waals surface area (Å²) in [4.78, 5) is 14.2. The highest BCUT2D eigenvalue weighted by Crippen LogP contribution is 2.25. The van der Waals surface area contributed by atoms with Crippen LogP contribution in [0, 0.1) is 5.82 Å². The molecule has 0 saturated carbocycles. The minimum atomic E-state index is -0.439. The number of phenols is 1. The Labute approximate surface area is 159 Å². The third-order valence-electron chi connectivity index (χ3n) is 3.85. The summed E-state index contributed by atoms with van der Waals surface area (Å²) in [5, 5.41) is 21.0. The number of hydrogen-bond acceptors (Lipinski definition) is 6. The zero-order chi connectivity index (χ0) is 19.4. The number of benzene rings is 2. The predicted molar refractivity (Wildman–Crippen MR) is 99.0 cm³/mol. The van der Waals surface area contributed by atoms with Crippen LogP contribution in [0.3, 0.4) is 0 Å². The molecule has 9 heteroatoms. The van der Waals surface area contributed by atoms with Crippen molar-refractivity contribution in [3.8, 4) is 11.4 Å². The van der Waals surface area contributed by atoms with Gasteiger partial charge in [0.1, 0.15) is 11.6 Å². The lowest BCUT2D eigenvalue weighted by molar-refractivity contribution is -0.129. The molecule has 3 aromatic rings. The van der Waals surface area contributed by atoms with Crippen molar-refractivity contribution in [1.29, 1.82) is 0 Å². The summed E-state index contributed by atoms with van der Waals surface area (Å²) in [6.07, 6.45) is 0. The van der Waals surface area contributed by atoms with Gasteiger partial charge < -0.3 is 10.0 Å². The number of rotatable bonds is 6. The average molecular weight is 387 g/mol. The summed E-state index contributed by atoms with van der Waals surface area (Å²) in [5.41, 5.74) is 1.39. The molecule has 1 N–H and O–H groups in total. The highest BCUT2D eigenvalue weighted by molar-refractivity contribution is 8.00. The van der Waals surface area contributed by atoms with Crippen LogP contribution in [0.5, 0.6) is 5.75 Å². The molecule has 0 aliphatic rings. The van der Waals surface area contributed by atoms with Crippen LogP contribution in [0.15, 0.2) is 53.7 Å². The van der Waals surface area contributed by atoms with Crippen molar-refractivity contribution in [3.05, 3.63) is 59.9 Å². The highest BCUT2D eigenvalue weighted by Gasteiger charge is 2.22. The van der Waals surface area contributed by atoms with E-state index in [4.69, 9.17) is 0 Å². The molecule has 0 radical (unpaired) electrons. The molecule has 27 heavy (non-hydrogen) atoms. The zero-order valence-electron chi connectivity index (χ0n) is 14.8. The average Bonchev–Trinajstić information content (AvgIpc) is 3.09. The number of carbonyl (C=O) groups excluding carboxylic acids is 1. The van der Waals surface area contributed by atoms with Gasteiger partial charge in [-0.3, -0.25) is 4.79 Å². The highest BCUT2D eigenvalue weighted by atomic mass is 32.2. The molecule has 0 saturated heterocycles. The normalized spacial score (nSPS) is 12.0. The molecule has 0 aliphatic carbocycles. The van der Waals surface area contributed by atoms with Gasteiger partial charge in [0.25, 0.3) is 0 Å². The molecule has 140 valence electrons. The van der Waals surface area contributed by atoms with Crippen molar-refractivity contribution < 1.29 is 14.3 Å².